The van der Waals surface area contributed by atoms with E-state index in [-0.39, 0.29) is 36.0 Å². The first-order chi connectivity index (χ1) is 10.1. The van der Waals surface area contributed by atoms with Crippen LogP contribution in [0.4, 0.5) is 0 Å². The van der Waals surface area contributed by atoms with Gasteiger partial charge in [0.15, 0.2) is 0 Å². The lowest BCUT2D eigenvalue weighted by molar-refractivity contribution is -0.173. The molecule has 124 valence electrons. The maximum atomic E-state index is 13.0. The summed E-state index contributed by atoms with van der Waals surface area (Å²) in [6, 6.07) is 0. The van der Waals surface area contributed by atoms with Crippen molar-refractivity contribution >= 4 is 17.5 Å². The minimum atomic E-state index is -1.14. The number of hydrogen-bond donors (Lipinski definition) is 1. The molecule has 2 fully saturated rings. The Labute approximate surface area is 131 Å². The average Bonchev–Trinajstić information content (AvgIpc) is 2.40. The van der Waals surface area contributed by atoms with Gasteiger partial charge in [-0.2, -0.15) is 0 Å². The van der Waals surface area contributed by atoms with Crippen LogP contribution in [0.3, 0.4) is 0 Å². The number of ether oxygens (including phenoxy) is 1. The number of esters is 1. The van der Waals surface area contributed by atoms with E-state index < -0.39 is 16.9 Å². The fourth-order valence-corrected chi connectivity index (χ4v) is 4.29. The lowest BCUT2D eigenvalue weighted by atomic mass is 9.51. The highest BCUT2D eigenvalue weighted by molar-refractivity contribution is 5.96. The van der Waals surface area contributed by atoms with Crippen molar-refractivity contribution < 1.29 is 24.2 Å². The summed E-state index contributed by atoms with van der Waals surface area (Å²) < 4.78 is 5.02. The third-order valence-corrected chi connectivity index (χ3v) is 5.62. The molecule has 0 aromatic heterocycles. The quantitative estimate of drug-likeness (QED) is 0.805. The van der Waals surface area contributed by atoms with E-state index in [1.165, 1.54) is 6.92 Å². The number of fused-ring (bicyclic) bond motifs is 1. The van der Waals surface area contributed by atoms with Crippen LogP contribution in [-0.4, -0.2) is 34.9 Å². The summed E-state index contributed by atoms with van der Waals surface area (Å²) in [4.78, 5) is 36.2. The number of carbonyl (C=O) groups excluding carboxylic acids is 3. The molecule has 0 bridgehead atoms. The summed E-state index contributed by atoms with van der Waals surface area (Å²) in [7, 11) is 0. The number of Topliss-reactive ketones (excluding diaryl/α,β-unsaturated/α-hetero) is 2. The molecule has 2 rings (SSSR count). The summed E-state index contributed by atoms with van der Waals surface area (Å²) in [5.41, 5.74) is -1.89. The SMILES string of the molecule is CC(=O)OC[C@@H](C)[C@@H]1CC[C@@]2(C)C(=O)CC[C@@](C)(O)[C@@H]2C1=O. The Bertz CT molecular complexity index is 495. The van der Waals surface area contributed by atoms with Crippen molar-refractivity contribution in [3.05, 3.63) is 0 Å². The molecule has 0 saturated heterocycles. The highest BCUT2D eigenvalue weighted by Gasteiger charge is 2.59. The van der Waals surface area contributed by atoms with E-state index in [1.54, 1.807) is 6.92 Å². The number of carbonyl (C=O) groups is 3. The molecular weight excluding hydrogens is 284 g/mol. The zero-order chi connectivity index (χ0) is 16.7. The molecule has 5 atom stereocenters. The number of rotatable bonds is 3. The normalized spacial score (nSPS) is 40.0. The lowest BCUT2D eigenvalue weighted by Gasteiger charge is -2.52. The van der Waals surface area contributed by atoms with Crippen LogP contribution in [0, 0.1) is 23.2 Å². The van der Waals surface area contributed by atoms with Gasteiger partial charge in [-0.15, -0.1) is 0 Å². The third kappa shape index (κ3) is 2.83. The maximum Gasteiger partial charge on any atom is 0.302 e. The molecule has 5 nitrogen and oxygen atoms in total. The van der Waals surface area contributed by atoms with E-state index in [9.17, 15) is 19.5 Å². The van der Waals surface area contributed by atoms with Gasteiger partial charge in [0, 0.05) is 24.7 Å². The first-order valence-corrected chi connectivity index (χ1v) is 8.02. The topological polar surface area (TPSA) is 80.7 Å². The lowest BCUT2D eigenvalue weighted by Crippen LogP contribution is -2.60. The monoisotopic (exact) mass is 310 g/mol. The number of aliphatic hydroxyl groups is 1. The molecule has 0 radical (unpaired) electrons. The van der Waals surface area contributed by atoms with Gasteiger partial charge >= 0.3 is 5.97 Å². The first-order valence-electron chi connectivity index (χ1n) is 8.02. The predicted molar refractivity (Wildman–Crippen MR) is 80.0 cm³/mol. The zero-order valence-corrected chi connectivity index (χ0v) is 13.8. The second kappa shape index (κ2) is 5.76. The Morgan fingerprint density at radius 3 is 2.59 bits per heavy atom. The van der Waals surface area contributed by atoms with Crippen LogP contribution < -0.4 is 0 Å². The fraction of sp³-hybridized carbons (Fsp3) is 0.824. The van der Waals surface area contributed by atoms with Gasteiger partial charge in [-0.3, -0.25) is 14.4 Å². The number of ketones is 2. The van der Waals surface area contributed by atoms with Crippen molar-refractivity contribution in [3.63, 3.8) is 0 Å². The van der Waals surface area contributed by atoms with Gasteiger partial charge in [0.05, 0.1) is 18.1 Å². The van der Waals surface area contributed by atoms with Crippen molar-refractivity contribution in [2.24, 2.45) is 23.2 Å². The molecule has 22 heavy (non-hydrogen) atoms. The van der Waals surface area contributed by atoms with E-state index in [2.05, 4.69) is 0 Å². The summed E-state index contributed by atoms with van der Waals surface area (Å²) in [6.45, 7) is 6.91. The minimum absolute atomic E-state index is 0.0496. The standard InChI is InChI=1S/C17H26O5/c1-10(9-22-11(2)18)12-5-7-16(3)13(19)6-8-17(4,21)15(16)14(12)20/h10,12,15,21H,5-9H2,1-4H3/t10-,12+,15-,16+,17-/m1/s1. The molecule has 0 aliphatic heterocycles. The molecule has 0 heterocycles. The van der Waals surface area contributed by atoms with Crippen molar-refractivity contribution in [2.45, 2.75) is 59.0 Å². The van der Waals surface area contributed by atoms with Crippen LogP contribution in [0.1, 0.15) is 53.4 Å². The van der Waals surface area contributed by atoms with Gasteiger partial charge in [-0.25, -0.2) is 0 Å². The Balaban J connectivity index is 2.22. The molecule has 0 spiro atoms. The highest BCUT2D eigenvalue weighted by atomic mass is 16.5. The molecule has 2 aliphatic rings. The second-order valence-electron chi connectivity index (χ2n) is 7.46. The first kappa shape index (κ1) is 17.1. The zero-order valence-electron chi connectivity index (χ0n) is 13.8. The van der Waals surface area contributed by atoms with Gasteiger partial charge < -0.3 is 9.84 Å². The molecule has 0 aromatic rings. The summed E-state index contributed by atoms with van der Waals surface area (Å²) in [6.07, 6.45) is 1.88. The van der Waals surface area contributed by atoms with Gasteiger partial charge in [-0.1, -0.05) is 13.8 Å². The van der Waals surface area contributed by atoms with E-state index in [0.717, 1.165) is 0 Å². The van der Waals surface area contributed by atoms with Gasteiger partial charge in [0.1, 0.15) is 11.6 Å². The Kier molecular flexibility index (Phi) is 4.49. The molecule has 5 heteroatoms. The molecule has 0 amide bonds. The molecule has 0 aromatic carbocycles. The Morgan fingerprint density at radius 1 is 1.36 bits per heavy atom. The Morgan fingerprint density at radius 2 is 2.00 bits per heavy atom. The molecule has 1 N–H and O–H groups in total. The van der Waals surface area contributed by atoms with Crippen molar-refractivity contribution in [1.82, 2.24) is 0 Å². The average molecular weight is 310 g/mol. The summed E-state index contributed by atoms with van der Waals surface area (Å²) >= 11 is 0. The Hall–Kier alpha value is -1.23. The summed E-state index contributed by atoms with van der Waals surface area (Å²) in [5.74, 6) is -1.35. The minimum Gasteiger partial charge on any atom is -0.466 e. The van der Waals surface area contributed by atoms with Crippen LogP contribution in [-0.2, 0) is 19.1 Å². The largest absolute Gasteiger partial charge is 0.466 e. The smallest absolute Gasteiger partial charge is 0.302 e. The van der Waals surface area contributed by atoms with Crippen molar-refractivity contribution in [2.75, 3.05) is 6.61 Å². The third-order valence-electron chi connectivity index (χ3n) is 5.62. The number of hydrogen-bond acceptors (Lipinski definition) is 5. The molecular formula is C17H26O5. The van der Waals surface area contributed by atoms with Crippen molar-refractivity contribution in [1.29, 1.82) is 0 Å². The highest BCUT2D eigenvalue weighted by Crippen LogP contribution is 2.53. The molecule has 2 saturated carbocycles. The van der Waals surface area contributed by atoms with Crippen molar-refractivity contribution in [3.8, 4) is 0 Å². The molecule has 2 aliphatic carbocycles. The van der Waals surface area contributed by atoms with E-state index in [0.29, 0.717) is 25.7 Å². The van der Waals surface area contributed by atoms with E-state index in [4.69, 9.17) is 4.74 Å². The summed E-state index contributed by atoms with van der Waals surface area (Å²) in [5, 5.41) is 10.7. The second-order valence-corrected chi connectivity index (χ2v) is 7.46. The van der Waals surface area contributed by atoms with E-state index in [1.807, 2.05) is 13.8 Å². The maximum absolute atomic E-state index is 13.0. The molecule has 0 unspecified atom stereocenters. The van der Waals surface area contributed by atoms with Gasteiger partial charge in [0.2, 0.25) is 0 Å². The predicted octanol–water partition coefficient (Wildman–Crippen LogP) is 1.90. The van der Waals surface area contributed by atoms with Crippen LogP contribution in [0.25, 0.3) is 0 Å². The van der Waals surface area contributed by atoms with Crippen LogP contribution >= 0.6 is 0 Å². The van der Waals surface area contributed by atoms with Crippen LogP contribution in [0.2, 0.25) is 0 Å². The fourth-order valence-electron chi connectivity index (χ4n) is 4.29. The van der Waals surface area contributed by atoms with Crippen LogP contribution in [0.5, 0.6) is 0 Å². The van der Waals surface area contributed by atoms with Gasteiger partial charge in [-0.05, 0) is 32.1 Å². The van der Waals surface area contributed by atoms with Crippen LogP contribution in [0.15, 0.2) is 0 Å². The van der Waals surface area contributed by atoms with E-state index >= 15 is 0 Å². The van der Waals surface area contributed by atoms with Gasteiger partial charge in [0.25, 0.3) is 0 Å².